The lowest BCUT2D eigenvalue weighted by molar-refractivity contribution is 0.0986. The van der Waals surface area contributed by atoms with Crippen LogP contribution in [0.4, 0.5) is 5.69 Å². The first-order valence-corrected chi connectivity index (χ1v) is 7.80. The Morgan fingerprint density at radius 3 is 2.52 bits per heavy atom. The first-order valence-electron chi connectivity index (χ1n) is 7.80. The molecule has 4 rings (SSSR count). The van der Waals surface area contributed by atoms with Gasteiger partial charge < -0.3 is 14.9 Å². The highest BCUT2D eigenvalue weighted by Crippen LogP contribution is 2.32. The summed E-state index contributed by atoms with van der Waals surface area (Å²) < 4.78 is 0. The van der Waals surface area contributed by atoms with E-state index in [1.165, 1.54) is 12.8 Å². The highest BCUT2D eigenvalue weighted by Gasteiger charge is 2.28. The maximum absolute atomic E-state index is 13.0. The second-order valence-electron chi connectivity index (χ2n) is 6.03. The third-order valence-corrected chi connectivity index (χ3v) is 4.21. The number of amides is 1. The van der Waals surface area contributed by atoms with Crippen LogP contribution in [0.1, 0.15) is 23.2 Å². The average molecular weight is 307 g/mol. The van der Waals surface area contributed by atoms with E-state index in [0.717, 1.165) is 12.2 Å². The van der Waals surface area contributed by atoms with Gasteiger partial charge in [-0.1, -0.05) is 18.2 Å². The fourth-order valence-electron chi connectivity index (χ4n) is 2.79. The van der Waals surface area contributed by atoms with Crippen LogP contribution in [0.5, 0.6) is 0 Å². The lowest BCUT2D eigenvalue weighted by atomic mass is 10.1. The van der Waals surface area contributed by atoms with Gasteiger partial charge in [0.2, 0.25) is 0 Å². The zero-order valence-corrected chi connectivity index (χ0v) is 12.6. The van der Waals surface area contributed by atoms with Crippen molar-refractivity contribution < 1.29 is 4.79 Å². The summed E-state index contributed by atoms with van der Waals surface area (Å²) in [6.07, 6.45) is 2.36. The van der Waals surface area contributed by atoms with Crippen molar-refractivity contribution in [2.45, 2.75) is 12.8 Å². The van der Waals surface area contributed by atoms with Gasteiger partial charge in [0, 0.05) is 17.8 Å². The number of benzene rings is 2. The van der Waals surface area contributed by atoms with Gasteiger partial charge >= 0.3 is 5.69 Å². The molecule has 0 saturated heterocycles. The first-order chi connectivity index (χ1) is 11.2. The van der Waals surface area contributed by atoms with E-state index in [-0.39, 0.29) is 11.6 Å². The van der Waals surface area contributed by atoms with Gasteiger partial charge in [-0.15, -0.1) is 0 Å². The largest absolute Gasteiger partial charge is 0.323 e. The Labute approximate surface area is 133 Å². The second kappa shape index (κ2) is 5.43. The van der Waals surface area contributed by atoms with Crippen LogP contribution < -0.4 is 10.6 Å². The summed E-state index contributed by atoms with van der Waals surface area (Å²) in [5, 5.41) is 0. The SMILES string of the molecule is O=C(c1ccc2[nH]c(=O)[nH]c2c1)N(CC1CC1)c1ccccc1. The van der Waals surface area contributed by atoms with E-state index < -0.39 is 0 Å². The average Bonchev–Trinajstić information content (AvgIpc) is 3.31. The van der Waals surface area contributed by atoms with Crippen molar-refractivity contribution in [3.8, 4) is 0 Å². The molecule has 3 aromatic rings. The standard InChI is InChI=1S/C18H17N3O2/c22-17(13-8-9-15-16(10-13)20-18(23)19-15)21(11-12-6-7-12)14-4-2-1-3-5-14/h1-5,8-10,12H,6-7,11H2,(H2,19,20,23). The van der Waals surface area contributed by atoms with Crippen LogP contribution in [0.15, 0.2) is 53.3 Å². The molecule has 1 aliphatic rings. The number of fused-ring (bicyclic) bond motifs is 1. The molecule has 0 atom stereocenters. The van der Waals surface area contributed by atoms with Gasteiger partial charge in [0.15, 0.2) is 0 Å². The molecule has 1 saturated carbocycles. The number of anilines is 1. The Hall–Kier alpha value is -2.82. The molecule has 0 radical (unpaired) electrons. The predicted octanol–water partition coefficient (Wildman–Crippen LogP) is 2.91. The Morgan fingerprint density at radius 1 is 1.04 bits per heavy atom. The molecule has 2 aromatic carbocycles. The summed E-state index contributed by atoms with van der Waals surface area (Å²) >= 11 is 0. The summed E-state index contributed by atoms with van der Waals surface area (Å²) in [7, 11) is 0. The second-order valence-corrected chi connectivity index (χ2v) is 6.03. The van der Waals surface area contributed by atoms with Crippen LogP contribution in [0.2, 0.25) is 0 Å². The fraction of sp³-hybridized carbons (Fsp3) is 0.222. The number of aromatic amines is 2. The number of H-pyrrole nitrogens is 2. The van der Waals surface area contributed by atoms with Gasteiger partial charge in [-0.25, -0.2) is 4.79 Å². The molecule has 1 heterocycles. The normalized spacial score (nSPS) is 14.1. The molecule has 1 fully saturated rings. The molecule has 0 bridgehead atoms. The van der Waals surface area contributed by atoms with E-state index in [1.54, 1.807) is 18.2 Å². The van der Waals surface area contributed by atoms with Crippen LogP contribution in [0.3, 0.4) is 0 Å². The number of nitrogens with one attached hydrogen (secondary N) is 2. The number of rotatable bonds is 4. The Kier molecular flexibility index (Phi) is 3.26. The molecular formula is C18H17N3O2. The molecule has 5 heteroatoms. The van der Waals surface area contributed by atoms with E-state index in [2.05, 4.69) is 9.97 Å². The zero-order valence-electron chi connectivity index (χ0n) is 12.6. The number of nitrogens with zero attached hydrogens (tertiary/aromatic N) is 1. The van der Waals surface area contributed by atoms with Gasteiger partial charge in [-0.2, -0.15) is 0 Å². The minimum atomic E-state index is -0.262. The van der Waals surface area contributed by atoms with Crippen molar-refractivity contribution in [1.82, 2.24) is 9.97 Å². The molecule has 1 aromatic heterocycles. The maximum Gasteiger partial charge on any atom is 0.323 e. The number of imidazole rings is 1. The summed E-state index contributed by atoms with van der Waals surface area (Å²) in [5.74, 6) is 0.557. The van der Waals surface area contributed by atoms with Crippen LogP contribution in [0.25, 0.3) is 11.0 Å². The molecule has 1 amide bonds. The highest BCUT2D eigenvalue weighted by molar-refractivity contribution is 6.07. The Balaban J connectivity index is 1.71. The van der Waals surface area contributed by atoms with Crippen molar-refractivity contribution in [3.05, 3.63) is 64.6 Å². The lowest BCUT2D eigenvalue weighted by Crippen LogP contribution is -2.32. The molecular weight excluding hydrogens is 290 g/mol. The van der Waals surface area contributed by atoms with Crippen LogP contribution in [-0.2, 0) is 0 Å². The van der Waals surface area contributed by atoms with Gasteiger partial charge in [0.05, 0.1) is 11.0 Å². The van der Waals surface area contributed by atoms with E-state index in [1.807, 2.05) is 35.2 Å². The first kappa shape index (κ1) is 13.8. The number of hydrogen-bond donors (Lipinski definition) is 2. The van der Waals surface area contributed by atoms with Gasteiger partial charge in [-0.3, -0.25) is 4.79 Å². The van der Waals surface area contributed by atoms with Crippen LogP contribution in [-0.4, -0.2) is 22.4 Å². The minimum absolute atomic E-state index is 0.0351. The lowest BCUT2D eigenvalue weighted by Gasteiger charge is -2.23. The smallest absolute Gasteiger partial charge is 0.308 e. The van der Waals surface area contributed by atoms with E-state index in [4.69, 9.17) is 0 Å². The maximum atomic E-state index is 13.0. The number of aromatic nitrogens is 2. The molecule has 5 nitrogen and oxygen atoms in total. The number of carbonyl (C=O) groups is 1. The van der Waals surface area contributed by atoms with Crippen molar-refractivity contribution in [1.29, 1.82) is 0 Å². The van der Waals surface area contributed by atoms with Crippen molar-refractivity contribution in [2.75, 3.05) is 11.4 Å². The number of para-hydroxylation sites is 1. The minimum Gasteiger partial charge on any atom is -0.308 e. The molecule has 1 aliphatic carbocycles. The van der Waals surface area contributed by atoms with E-state index in [9.17, 15) is 9.59 Å². The molecule has 116 valence electrons. The number of hydrogen-bond acceptors (Lipinski definition) is 2. The van der Waals surface area contributed by atoms with Crippen LogP contribution in [0, 0.1) is 5.92 Å². The Morgan fingerprint density at radius 2 is 1.78 bits per heavy atom. The Bertz CT molecular complexity index is 907. The number of carbonyl (C=O) groups excluding carboxylic acids is 1. The summed E-state index contributed by atoms with van der Waals surface area (Å²) in [6.45, 7) is 0.741. The molecule has 23 heavy (non-hydrogen) atoms. The third-order valence-electron chi connectivity index (χ3n) is 4.21. The quantitative estimate of drug-likeness (QED) is 0.778. The fourth-order valence-corrected chi connectivity index (χ4v) is 2.79. The van der Waals surface area contributed by atoms with Crippen molar-refractivity contribution >= 4 is 22.6 Å². The van der Waals surface area contributed by atoms with E-state index >= 15 is 0 Å². The van der Waals surface area contributed by atoms with Crippen LogP contribution >= 0.6 is 0 Å². The predicted molar refractivity (Wildman–Crippen MR) is 89.8 cm³/mol. The van der Waals surface area contributed by atoms with Gasteiger partial charge in [-0.05, 0) is 49.1 Å². The molecule has 2 N–H and O–H groups in total. The molecule has 0 spiro atoms. The highest BCUT2D eigenvalue weighted by atomic mass is 16.2. The molecule has 0 aliphatic heterocycles. The van der Waals surface area contributed by atoms with Gasteiger partial charge in [0.25, 0.3) is 5.91 Å². The summed E-state index contributed by atoms with van der Waals surface area (Å²) in [4.78, 5) is 31.6. The van der Waals surface area contributed by atoms with Crippen molar-refractivity contribution in [2.24, 2.45) is 5.92 Å². The summed E-state index contributed by atoms with van der Waals surface area (Å²) in [6, 6.07) is 15.0. The third kappa shape index (κ3) is 2.77. The zero-order chi connectivity index (χ0) is 15.8. The van der Waals surface area contributed by atoms with E-state index in [0.29, 0.717) is 22.5 Å². The van der Waals surface area contributed by atoms with Crippen molar-refractivity contribution in [3.63, 3.8) is 0 Å². The summed E-state index contributed by atoms with van der Waals surface area (Å²) in [5.41, 5.74) is 2.59. The monoisotopic (exact) mass is 307 g/mol. The topological polar surface area (TPSA) is 69.0 Å². The molecule has 0 unspecified atom stereocenters. The van der Waals surface area contributed by atoms with Gasteiger partial charge in [0.1, 0.15) is 0 Å².